The van der Waals surface area contributed by atoms with E-state index in [0.29, 0.717) is 5.75 Å². The zero-order valence-corrected chi connectivity index (χ0v) is 13.0. The Labute approximate surface area is 130 Å². The second-order valence-electron chi connectivity index (χ2n) is 5.83. The summed E-state index contributed by atoms with van der Waals surface area (Å²) in [7, 11) is 0. The summed E-state index contributed by atoms with van der Waals surface area (Å²) in [6, 6.07) is 9.68. The second kappa shape index (κ2) is 6.26. The van der Waals surface area contributed by atoms with E-state index in [4.69, 9.17) is 9.15 Å². The molecule has 1 aromatic heterocycles. The van der Waals surface area contributed by atoms with Crippen LogP contribution in [0.15, 0.2) is 41.0 Å². The Hall–Kier alpha value is -2.23. The Kier molecular flexibility index (Phi) is 4.18. The molecular formula is C18H21NO3. The molecule has 0 spiro atoms. The number of benzene rings is 1. The lowest BCUT2D eigenvalue weighted by atomic mass is 9.93. The van der Waals surface area contributed by atoms with Crippen LogP contribution in [0.4, 0.5) is 0 Å². The summed E-state index contributed by atoms with van der Waals surface area (Å²) in [6.45, 7) is 3.79. The first kappa shape index (κ1) is 14.7. The maximum absolute atomic E-state index is 12.3. The standard InChI is InChI=1S/C18H21NO3/c1-12-6-8-14(9-7-12)22-13(2)18(20)19-16-4-3-5-17-15(16)10-11-21-17/h6-11,13,16H,3-5H2,1-2H3,(H,19,20). The second-order valence-corrected chi connectivity index (χ2v) is 5.83. The number of aryl methyl sites for hydroxylation is 2. The van der Waals surface area contributed by atoms with Crippen LogP contribution in [0.5, 0.6) is 5.75 Å². The number of fused-ring (bicyclic) bond motifs is 1. The number of rotatable bonds is 4. The van der Waals surface area contributed by atoms with E-state index < -0.39 is 6.10 Å². The van der Waals surface area contributed by atoms with Gasteiger partial charge < -0.3 is 14.5 Å². The van der Waals surface area contributed by atoms with Gasteiger partial charge in [-0.1, -0.05) is 17.7 Å². The van der Waals surface area contributed by atoms with Crippen molar-refractivity contribution in [1.82, 2.24) is 5.32 Å². The molecule has 1 amide bonds. The highest BCUT2D eigenvalue weighted by molar-refractivity contribution is 5.81. The van der Waals surface area contributed by atoms with Crippen LogP contribution in [0.2, 0.25) is 0 Å². The smallest absolute Gasteiger partial charge is 0.261 e. The zero-order valence-electron chi connectivity index (χ0n) is 13.0. The van der Waals surface area contributed by atoms with Crippen LogP contribution >= 0.6 is 0 Å². The average molecular weight is 299 g/mol. The molecule has 0 saturated carbocycles. The molecule has 2 unspecified atom stereocenters. The van der Waals surface area contributed by atoms with Gasteiger partial charge in [0.2, 0.25) is 0 Å². The van der Waals surface area contributed by atoms with Crippen LogP contribution < -0.4 is 10.1 Å². The van der Waals surface area contributed by atoms with Gasteiger partial charge in [0.1, 0.15) is 11.5 Å². The first-order chi connectivity index (χ1) is 10.6. The Morgan fingerprint density at radius 1 is 1.32 bits per heavy atom. The van der Waals surface area contributed by atoms with E-state index in [1.54, 1.807) is 13.2 Å². The van der Waals surface area contributed by atoms with Gasteiger partial charge in [-0.15, -0.1) is 0 Å². The highest BCUT2D eigenvalue weighted by Gasteiger charge is 2.26. The molecule has 0 fully saturated rings. The highest BCUT2D eigenvalue weighted by Crippen LogP contribution is 2.30. The minimum absolute atomic E-state index is 0.0269. The van der Waals surface area contributed by atoms with Gasteiger partial charge >= 0.3 is 0 Å². The Morgan fingerprint density at radius 2 is 2.09 bits per heavy atom. The summed E-state index contributed by atoms with van der Waals surface area (Å²) in [6.07, 6.45) is 4.08. The van der Waals surface area contributed by atoms with Crippen molar-refractivity contribution < 1.29 is 13.9 Å². The molecule has 3 rings (SSSR count). The van der Waals surface area contributed by atoms with Crippen molar-refractivity contribution in [3.8, 4) is 5.75 Å². The summed E-state index contributed by atoms with van der Waals surface area (Å²) in [5.41, 5.74) is 2.27. The number of hydrogen-bond acceptors (Lipinski definition) is 3. The van der Waals surface area contributed by atoms with Crippen molar-refractivity contribution in [2.75, 3.05) is 0 Å². The Morgan fingerprint density at radius 3 is 2.86 bits per heavy atom. The molecule has 4 heteroatoms. The van der Waals surface area contributed by atoms with Gasteiger partial charge in [0.15, 0.2) is 6.10 Å². The van der Waals surface area contributed by atoms with Crippen LogP contribution in [0.25, 0.3) is 0 Å². The third kappa shape index (κ3) is 3.16. The van der Waals surface area contributed by atoms with Gasteiger partial charge in [0.25, 0.3) is 5.91 Å². The molecule has 116 valence electrons. The Bertz CT molecular complexity index is 645. The first-order valence-corrected chi connectivity index (χ1v) is 7.73. The predicted molar refractivity (Wildman–Crippen MR) is 83.8 cm³/mol. The van der Waals surface area contributed by atoms with Crippen molar-refractivity contribution in [2.45, 2.75) is 45.3 Å². The third-order valence-electron chi connectivity index (χ3n) is 4.07. The van der Waals surface area contributed by atoms with Crippen LogP contribution in [-0.2, 0) is 11.2 Å². The van der Waals surface area contributed by atoms with Crippen LogP contribution in [0.1, 0.15) is 42.7 Å². The quantitative estimate of drug-likeness (QED) is 0.939. The molecule has 1 aliphatic rings. The fourth-order valence-corrected chi connectivity index (χ4v) is 2.80. The molecule has 1 heterocycles. The maximum atomic E-state index is 12.3. The van der Waals surface area contributed by atoms with E-state index in [0.717, 1.165) is 30.6 Å². The van der Waals surface area contributed by atoms with Gasteiger partial charge in [-0.05, 0) is 44.9 Å². The van der Waals surface area contributed by atoms with E-state index >= 15 is 0 Å². The topological polar surface area (TPSA) is 51.5 Å². The zero-order chi connectivity index (χ0) is 15.5. The first-order valence-electron chi connectivity index (χ1n) is 7.73. The Balaban J connectivity index is 1.61. The van der Waals surface area contributed by atoms with E-state index in [1.807, 2.05) is 37.3 Å². The molecule has 0 aliphatic heterocycles. The number of ether oxygens (including phenoxy) is 1. The van der Waals surface area contributed by atoms with Crippen molar-refractivity contribution in [3.63, 3.8) is 0 Å². The lowest BCUT2D eigenvalue weighted by Crippen LogP contribution is -2.39. The summed E-state index contributed by atoms with van der Waals surface area (Å²) in [5.74, 6) is 1.60. The summed E-state index contributed by atoms with van der Waals surface area (Å²) in [5, 5.41) is 3.07. The molecule has 22 heavy (non-hydrogen) atoms. The molecule has 2 atom stereocenters. The number of carbonyl (C=O) groups is 1. The predicted octanol–water partition coefficient (Wildman–Crippen LogP) is 3.55. The minimum atomic E-state index is -0.528. The molecule has 0 bridgehead atoms. The summed E-state index contributed by atoms with van der Waals surface area (Å²) < 4.78 is 11.2. The van der Waals surface area contributed by atoms with Crippen LogP contribution in [0, 0.1) is 6.92 Å². The fourth-order valence-electron chi connectivity index (χ4n) is 2.80. The van der Waals surface area contributed by atoms with Crippen molar-refractivity contribution in [3.05, 3.63) is 53.5 Å². The molecule has 1 aromatic carbocycles. The summed E-state index contributed by atoms with van der Waals surface area (Å²) >= 11 is 0. The molecule has 0 radical (unpaired) electrons. The lowest BCUT2D eigenvalue weighted by molar-refractivity contribution is -0.128. The molecule has 1 N–H and O–H groups in total. The number of nitrogens with one attached hydrogen (secondary N) is 1. The number of carbonyl (C=O) groups excluding carboxylic acids is 1. The third-order valence-corrected chi connectivity index (χ3v) is 4.07. The number of amides is 1. The molecule has 1 aliphatic carbocycles. The average Bonchev–Trinajstić information content (AvgIpc) is 2.99. The van der Waals surface area contributed by atoms with Crippen LogP contribution in [-0.4, -0.2) is 12.0 Å². The van der Waals surface area contributed by atoms with Crippen molar-refractivity contribution in [1.29, 1.82) is 0 Å². The largest absolute Gasteiger partial charge is 0.481 e. The SMILES string of the molecule is Cc1ccc(OC(C)C(=O)NC2CCCc3occc32)cc1. The van der Waals surface area contributed by atoms with Gasteiger partial charge in [-0.2, -0.15) is 0 Å². The van der Waals surface area contributed by atoms with E-state index in [1.165, 1.54) is 5.56 Å². The number of furan rings is 1. The molecular weight excluding hydrogens is 278 g/mol. The molecule has 4 nitrogen and oxygen atoms in total. The normalized spacial score (nSPS) is 18.4. The maximum Gasteiger partial charge on any atom is 0.261 e. The van der Waals surface area contributed by atoms with Gasteiger partial charge in [-0.3, -0.25) is 4.79 Å². The minimum Gasteiger partial charge on any atom is -0.481 e. The van der Waals surface area contributed by atoms with Gasteiger partial charge in [0.05, 0.1) is 12.3 Å². The van der Waals surface area contributed by atoms with Crippen molar-refractivity contribution in [2.24, 2.45) is 0 Å². The monoisotopic (exact) mass is 299 g/mol. The van der Waals surface area contributed by atoms with E-state index in [-0.39, 0.29) is 11.9 Å². The van der Waals surface area contributed by atoms with Crippen molar-refractivity contribution >= 4 is 5.91 Å². The van der Waals surface area contributed by atoms with Gasteiger partial charge in [0, 0.05) is 12.0 Å². The van der Waals surface area contributed by atoms with Gasteiger partial charge in [-0.25, -0.2) is 0 Å². The van der Waals surface area contributed by atoms with E-state index in [9.17, 15) is 4.79 Å². The summed E-state index contributed by atoms with van der Waals surface area (Å²) in [4.78, 5) is 12.3. The molecule has 2 aromatic rings. The highest BCUT2D eigenvalue weighted by atomic mass is 16.5. The molecule has 0 saturated heterocycles. The van der Waals surface area contributed by atoms with E-state index in [2.05, 4.69) is 5.32 Å². The lowest BCUT2D eigenvalue weighted by Gasteiger charge is -2.24. The fraction of sp³-hybridized carbons (Fsp3) is 0.389. The number of hydrogen-bond donors (Lipinski definition) is 1. The van der Waals surface area contributed by atoms with Crippen LogP contribution in [0.3, 0.4) is 0 Å².